The summed E-state index contributed by atoms with van der Waals surface area (Å²) in [7, 11) is -2.98. The molecule has 0 atom stereocenters. The van der Waals surface area contributed by atoms with E-state index in [1.165, 1.54) is 6.26 Å². The van der Waals surface area contributed by atoms with Gasteiger partial charge < -0.3 is 10.1 Å². The van der Waals surface area contributed by atoms with Gasteiger partial charge in [0.05, 0.1) is 10.2 Å². The molecule has 108 valence electrons. The summed E-state index contributed by atoms with van der Waals surface area (Å²) in [6, 6.07) is 6.23. The Hall–Kier alpha value is -0.590. The van der Waals surface area contributed by atoms with Crippen molar-refractivity contribution in [1.82, 2.24) is 5.32 Å². The average molecular weight is 350 g/mol. The monoisotopic (exact) mass is 349 g/mol. The van der Waals surface area contributed by atoms with Gasteiger partial charge in [-0.25, -0.2) is 8.42 Å². The van der Waals surface area contributed by atoms with E-state index >= 15 is 0 Å². The van der Waals surface area contributed by atoms with Crippen molar-refractivity contribution in [2.24, 2.45) is 0 Å². The number of sulfone groups is 1. The fraction of sp³-hybridized carbons (Fsp3) is 0.538. The molecule has 0 aromatic heterocycles. The Kier molecular flexibility index (Phi) is 6.29. The highest BCUT2D eigenvalue weighted by molar-refractivity contribution is 9.10. The molecule has 0 aliphatic rings. The number of halogens is 1. The van der Waals surface area contributed by atoms with Crippen LogP contribution in [-0.4, -0.2) is 33.1 Å². The first-order chi connectivity index (χ1) is 8.78. The quantitative estimate of drug-likeness (QED) is 0.820. The SMILES string of the molecule is CC(C)NCc1ccc(OCCS(C)(=O)=O)c(Br)c1. The molecule has 1 N–H and O–H groups in total. The van der Waals surface area contributed by atoms with Crippen molar-refractivity contribution in [3.05, 3.63) is 28.2 Å². The van der Waals surface area contributed by atoms with Gasteiger partial charge in [0.15, 0.2) is 9.84 Å². The number of nitrogens with one attached hydrogen (secondary N) is 1. The van der Waals surface area contributed by atoms with Crippen LogP contribution in [-0.2, 0) is 16.4 Å². The van der Waals surface area contributed by atoms with Gasteiger partial charge in [-0.3, -0.25) is 0 Å². The molecule has 0 amide bonds. The fourth-order valence-electron chi connectivity index (χ4n) is 1.40. The maximum absolute atomic E-state index is 11.0. The van der Waals surface area contributed by atoms with E-state index in [0.29, 0.717) is 11.8 Å². The van der Waals surface area contributed by atoms with Gasteiger partial charge >= 0.3 is 0 Å². The lowest BCUT2D eigenvalue weighted by molar-refractivity contribution is 0.339. The van der Waals surface area contributed by atoms with Crippen LogP contribution in [0.5, 0.6) is 5.75 Å². The maximum atomic E-state index is 11.0. The van der Waals surface area contributed by atoms with E-state index in [1.54, 1.807) is 0 Å². The minimum Gasteiger partial charge on any atom is -0.491 e. The molecule has 0 spiro atoms. The highest BCUT2D eigenvalue weighted by Gasteiger charge is 2.06. The second-order valence-corrected chi connectivity index (χ2v) is 7.89. The molecule has 0 unspecified atom stereocenters. The van der Waals surface area contributed by atoms with Crippen molar-refractivity contribution in [3.63, 3.8) is 0 Å². The molecule has 0 heterocycles. The van der Waals surface area contributed by atoms with Gasteiger partial charge in [0, 0.05) is 18.8 Å². The molecular formula is C13H20BrNO3S. The van der Waals surface area contributed by atoms with E-state index in [9.17, 15) is 8.42 Å². The van der Waals surface area contributed by atoms with Crippen LogP contribution in [0.2, 0.25) is 0 Å². The summed E-state index contributed by atoms with van der Waals surface area (Å²) in [4.78, 5) is 0. The molecule has 0 bridgehead atoms. The van der Waals surface area contributed by atoms with Crippen molar-refractivity contribution in [3.8, 4) is 5.75 Å². The van der Waals surface area contributed by atoms with Gasteiger partial charge in [0.1, 0.15) is 12.4 Å². The van der Waals surface area contributed by atoms with Crippen LogP contribution in [0.3, 0.4) is 0 Å². The summed E-state index contributed by atoms with van der Waals surface area (Å²) in [5.41, 5.74) is 1.15. The summed E-state index contributed by atoms with van der Waals surface area (Å²) in [6.45, 7) is 5.15. The van der Waals surface area contributed by atoms with E-state index < -0.39 is 9.84 Å². The number of benzene rings is 1. The van der Waals surface area contributed by atoms with Crippen LogP contribution in [0.4, 0.5) is 0 Å². The molecular weight excluding hydrogens is 330 g/mol. The van der Waals surface area contributed by atoms with Crippen molar-refractivity contribution in [2.75, 3.05) is 18.6 Å². The van der Waals surface area contributed by atoms with Crippen molar-refractivity contribution >= 4 is 25.8 Å². The molecule has 1 rings (SSSR count). The third-order valence-corrected chi connectivity index (χ3v) is 3.95. The van der Waals surface area contributed by atoms with Crippen LogP contribution in [0.25, 0.3) is 0 Å². The van der Waals surface area contributed by atoms with Crippen LogP contribution in [0.1, 0.15) is 19.4 Å². The normalized spacial score (nSPS) is 11.8. The molecule has 4 nitrogen and oxygen atoms in total. The zero-order chi connectivity index (χ0) is 14.5. The van der Waals surface area contributed by atoms with E-state index in [0.717, 1.165) is 16.6 Å². The number of hydrogen-bond donors (Lipinski definition) is 1. The highest BCUT2D eigenvalue weighted by atomic mass is 79.9. The Balaban J connectivity index is 2.57. The lowest BCUT2D eigenvalue weighted by Crippen LogP contribution is -2.21. The van der Waals surface area contributed by atoms with Crippen LogP contribution < -0.4 is 10.1 Å². The van der Waals surface area contributed by atoms with Crippen LogP contribution in [0, 0.1) is 0 Å². The predicted octanol–water partition coefficient (Wildman–Crippen LogP) is 2.37. The van der Waals surface area contributed by atoms with Crippen molar-refractivity contribution in [1.29, 1.82) is 0 Å². The molecule has 6 heteroatoms. The zero-order valence-electron chi connectivity index (χ0n) is 11.4. The maximum Gasteiger partial charge on any atom is 0.150 e. The Labute approximate surface area is 123 Å². The molecule has 0 saturated heterocycles. The average Bonchev–Trinajstić information content (AvgIpc) is 2.27. The Morgan fingerprint density at radius 1 is 1.37 bits per heavy atom. The second-order valence-electron chi connectivity index (χ2n) is 4.78. The van der Waals surface area contributed by atoms with Crippen LogP contribution >= 0.6 is 15.9 Å². The third-order valence-electron chi connectivity index (χ3n) is 2.42. The molecule has 0 aliphatic heterocycles. The van der Waals surface area contributed by atoms with E-state index in [1.807, 2.05) is 18.2 Å². The molecule has 1 aromatic carbocycles. The first-order valence-electron chi connectivity index (χ1n) is 6.10. The summed E-state index contributed by atoms with van der Waals surface area (Å²) < 4.78 is 28.3. The summed E-state index contributed by atoms with van der Waals surface area (Å²) in [6.07, 6.45) is 1.20. The number of hydrogen-bond acceptors (Lipinski definition) is 4. The molecule has 0 fully saturated rings. The Morgan fingerprint density at radius 2 is 2.05 bits per heavy atom. The van der Waals surface area contributed by atoms with Crippen molar-refractivity contribution in [2.45, 2.75) is 26.4 Å². The molecule has 1 aromatic rings. The summed E-state index contributed by atoms with van der Waals surface area (Å²) in [5, 5.41) is 3.33. The first kappa shape index (κ1) is 16.5. The van der Waals surface area contributed by atoms with Gasteiger partial charge in [-0.1, -0.05) is 19.9 Å². The minimum atomic E-state index is -2.98. The van der Waals surface area contributed by atoms with E-state index in [4.69, 9.17) is 4.74 Å². The molecule has 0 saturated carbocycles. The fourth-order valence-corrected chi connectivity index (χ4v) is 2.32. The minimum absolute atomic E-state index is 0.0239. The standard InChI is InChI=1S/C13H20BrNO3S/c1-10(2)15-9-11-4-5-13(12(14)8-11)18-6-7-19(3,16)17/h4-5,8,10,15H,6-7,9H2,1-3H3. The lowest BCUT2D eigenvalue weighted by Gasteiger charge is -2.11. The number of ether oxygens (including phenoxy) is 1. The molecule has 19 heavy (non-hydrogen) atoms. The highest BCUT2D eigenvalue weighted by Crippen LogP contribution is 2.26. The zero-order valence-corrected chi connectivity index (χ0v) is 13.8. The molecule has 0 radical (unpaired) electrons. The summed E-state index contributed by atoms with van der Waals surface area (Å²) >= 11 is 3.43. The first-order valence-corrected chi connectivity index (χ1v) is 8.95. The van der Waals surface area contributed by atoms with Crippen LogP contribution in [0.15, 0.2) is 22.7 Å². The Bertz CT molecular complexity index is 515. The van der Waals surface area contributed by atoms with Gasteiger partial charge in [0.2, 0.25) is 0 Å². The lowest BCUT2D eigenvalue weighted by atomic mass is 10.2. The van der Waals surface area contributed by atoms with Crippen molar-refractivity contribution < 1.29 is 13.2 Å². The Morgan fingerprint density at radius 3 is 2.58 bits per heavy atom. The topological polar surface area (TPSA) is 55.4 Å². The largest absolute Gasteiger partial charge is 0.491 e. The number of rotatable bonds is 7. The molecule has 0 aliphatic carbocycles. The third kappa shape index (κ3) is 6.94. The van der Waals surface area contributed by atoms with Gasteiger partial charge in [0.25, 0.3) is 0 Å². The van der Waals surface area contributed by atoms with E-state index in [2.05, 4.69) is 35.1 Å². The van der Waals surface area contributed by atoms with E-state index in [-0.39, 0.29) is 12.4 Å². The summed E-state index contributed by atoms with van der Waals surface area (Å²) in [5.74, 6) is 0.688. The second kappa shape index (κ2) is 7.26. The smallest absolute Gasteiger partial charge is 0.150 e. The van der Waals surface area contributed by atoms with Gasteiger partial charge in [-0.15, -0.1) is 0 Å². The van der Waals surface area contributed by atoms with Gasteiger partial charge in [-0.2, -0.15) is 0 Å². The van der Waals surface area contributed by atoms with Gasteiger partial charge in [-0.05, 0) is 33.6 Å². The predicted molar refractivity (Wildman–Crippen MR) is 81.3 cm³/mol.